The van der Waals surface area contributed by atoms with Crippen LogP contribution in [0.25, 0.3) is 11.0 Å². The zero-order valence-corrected chi connectivity index (χ0v) is 20.0. The van der Waals surface area contributed by atoms with Gasteiger partial charge in [0, 0.05) is 35.8 Å². The van der Waals surface area contributed by atoms with Crippen molar-refractivity contribution in [3.05, 3.63) is 64.7 Å². The van der Waals surface area contributed by atoms with Gasteiger partial charge >= 0.3 is 12.1 Å². The molecule has 0 saturated carbocycles. The summed E-state index contributed by atoms with van der Waals surface area (Å²) in [5.41, 5.74) is 0.208. The summed E-state index contributed by atoms with van der Waals surface area (Å²) in [6.07, 6.45) is -1.54. The number of carboxylic acid groups (broad SMARTS) is 1. The van der Waals surface area contributed by atoms with Gasteiger partial charge in [0.1, 0.15) is 11.5 Å². The summed E-state index contributed by atoms with van der Waals surface area (Å²) in [5.74, 6) is -1.80. The van der Waals surface area contributed by atoms with E-state index in [2.05, 4.69) is 4.98 Å². The third-order valence-electron chi connectivity index (χ3n) is 6.84. The van der Waals surface area contributed by atoms with Crippen LogP contribution in [0.2, 0.25) is 0 Å². The molecule has 6 nitrogen and oxygen atoms in total. The van der Waals surface area contributed by atoms with Crippen molar-refractivity contribution in [3.8, 4) is 0 Å². The molecule has 1 aromatic carbocycles. The van der Waals surface area contributed by atoms with Gasteiger partial charge in [-0.2, -0.15) is 13.2 Å². The van der Waals surface area contributed by atoms with E-state index in [9.17, 15) is 32.3 Å². The molecular weight excluding hydrogens is 478 g/mol. The standard InChI is InChI=1S/C26H27F4N3O3/c1-25(2,24(35)36)10-3-6-22(34)32-12-9-18-19-5-4-11-31-23(19)33(21(18)15-32)14-16-13-17(26(28,29)30)7-8-20(16)27/h4-5,7-8,11,13H,3,6,9-10,12,14-15H2,1-2H3,(H,35,36). The van der Waals surface area contributed by atoms with E-state index in [0.29, 0.717) is 43.2 Å². The predicted molar refractivity (Wildman–Crippen MR) is 125 cm³/mol. The number of aliphatic carboxylic acids is 1. The largest absolute Gasteiger partial charge is 0.481 e. The molecule has 4 rings (SSSR count). The SMILES string of the molecule is CC(C)(CCCC(=O)N1CCc2c(n(Cc3cc(C(F)(F)F)ccc3F)c3ncccc23)C1)C(=O)O. The van der Waals surface area contributed by atoms with Crippen molar-refractivity contribution >= 4 is 22.9 Å². The molecule has 2 aromatic heterocycles. The normalized spacial score (nSPS) is 14.2. The van der Waals surface area contributed by atoms with Crippen molar-refractivity contribution in [2.75, 3.05) is 6.54 Å². The highest BCUT2D eigenvalue weighted by Gasteiger charge is 2.32. The molecule has 192 valence electrons. The van der Waals surface area contributed by atoms with Crippen LogP contribution in [-0.2, 0) is 35.3 Å². The Hall–Kier alpha value is -3.43. The number of carbonyl (C=O) groups excluding carboxylic acids is 1. The smallest absolute Gasteiger partial charge is 0.416 e. The van der Waals surface area contributed by atoms with Gasteiger partial charge in [-0.3, -0.25) is 9.59 Å². The number of carbonyl (C=O) groups is 2. The molecule has 0 aliphatic carbocycles. The minimum Gasteiger partial charge on any atom is -0.481 e. The van der Waals surface area contributed by atoms with E-state index in [1.54, 1.807) is 35.6 Å². The lowest BCUT2D eigenvalue weighted by Crippen LogP contribution is -2.36. The van der Waals surface area contributed by atoms with Gasteiger partial charge in [0.2, 0.25) is 5.91 Å². The molecule has 36 heavy (non-hydrogen) atoms. The summed E-state index contributed by atoms with van der Waals surface area (Å²) in [5, 5.41) is 10.1. The van der Waals surface area contributed by atoms with Gasteiger partial charge < -0.3 is 14.6 Å². The maximum Gasteiger partial charge on any atom is 0.416 e. The number of carboxylic acids is 1. The molecule has 0 radical (unpaired) electrons. The third-order valence-corrected chi connectivity index (χ3v) is 6.84. The van der Waals surface area contributed by atoms with Gasteiger partial charge in [0.05, 0.1) is 24.1 Å². The van der Waals surface area contributed by atoms with Gasteiger partial charge in [0.15, 0.2) is 0 Å². The van der Waals surface area contributed by atoms with Crippen molar-refractivity contribution in [2.24, 2.45) is 5.41 Å². The van der Waals surface area contributed by atoms with Crippen LogP contribution in [0.15, 0.2) is 36.5 Å². The molecule has 0 spiro atoms. The maximum absolute atomic E-state index is 14.6. The van der Waals surface area contributed by atoms with Gasteiger partial charge in [-0.25, -0.2) is 9.37 Å². The highest BCUT2D eigenvalue weighted by molar-refractivity contribution is 5.84. The first kappa shape index (κ1) is 25.7. The lowest BCUT2D eigenvalue weighted by atomic mass is 9.87. The van der Waals surface area contributed by atoms with E-state index in [-0.39, 0.29) is 31.0 Å². The summed E-state index contributed by atoms with van der Waals surface area (Å²) in [4.78, 5) is 30.3. The second-order valence-electron chi connectivity index (χ2n) is 9.80. The molecule has 1 amide bonds. The first-order valence-corrected chi connectivity index (χ1v) is 11.7. The number of fused-ring (bicyclic) bond motifs is 3. The lowest BCUT2D eigenvalue weighted by molar-refractivity contribution is -0.147. The Morgan fingerprint density at radius 1 is 1.17 bits per heavy atom. The van der Waals surface area contributed by atoms with Crippen LogP contribution in [0.1, 0.15) is 55.5 Å². The van der Waals surface area contributed by atoms with E-state index in [0.717, 1.165) is 23.1 Å². The number of hydrogen-bond donors (Lipinski definition) is 1. The van der Waals surface area contributed by atoms with Crippen LogP contribution >= 0.6 is 0 Å². The Morgan fingerprint density at radius 3 is 2.61 bits per heavy atom. The Morgan fingerprint density at radius 2 is 1.92 bits per heavy atom. The fourth-order valence-electron chi connectivity index (χ4n) is 4.63. The fourth-order valence-corrected chi connectivity index (χ4v) is 4.63. The second kappa shape index (κ2) is 9.55. The number of amides is 1. The average Bonchev–Trinajstić information content (AvgIpc) is 3.12. The van der Waals surface area contributed by atoms with Crippen LogP contribution in [0.5, 0.6) is 0 Å². The highest BCUT2D eigenvalue weighted by atomic mass is 19.4. The Kier molecular flexibility index (Phi) is 6.81. The number of benzene rings is 1. The number of pyridine rings is 1. The zero-order valence-electron chi connectivity index (χ0n) is 20.0. The average molecular weight is 506 g/mol. The molecular formula is C26H27F4N3O3. The van der Waals surface area contributed by atoms with Crippen LogP contribution < -0.4 is 0 Å². The summed E-state index contributed by atoms with van der Waals surface area (Å²) in [6.45, 7) is 3.75. The van der Waals surface area contributed by atoms with Crippen LogP contribution in [-0.4, -0.2) is 38.0 Å². The van der Waals surface area contributed by atoms with Gasteiger partial charge in [-0.05, 0) is 69.0 Å². The molecule has 0 atom stereocenters. The van der Waals surface area contributed by atoms with Crippen LogP contribution in [0.4, 0.5) is 17.6 Å². The highest BCUT2D eigenvalue weighted by Crippen LogP contribution is 2.34. The second-order valence-corrected chi connectivity index (χ2v) is 9.80. The monoisotopic (exact) mass is 505 g/mol. The third kappa shape index (κ3) is 5.08. The molecule has 1 N–H and O–H groups in total. The van der Waals surface area contributed by atoms with Crippen molar-refractivity contribution in [3.63, 3.8) is 0 Å². The minimum absolute atomic E-state index is 0.116. The van der Waals surface area contributed by atoms with E-state index >= 15 is 0 Å². The quantitative estimate of drug-likeness (QED) is 0.436. The number of hydrogen-bond acceptors (Lipinski definition) is 3. The van der Waals surface area contributed by atoms with Crippen molar-refractivity contribution in [2.45, 2.75) is 58.8 Å². The van der Waals surface area contributed by atoms with Crippen molar-refractivity contribution < 1.29 is 32.3 Å². The van der Waals surface area contributed by atoms with E-state index in [1.165, 1.54) is 0 Å². The maximum atomic E-state index is 14.6. The molecule has 0 unspecified atom stereocenters. The van der Waals surface area contributed by atoms with Crippen LogP contribution in [0, 0.1) is 11.2 Å². The summed E-state index contributed by atoms with van der Waals surface area (Å²) >= 11 is 0. The fraction of sp³-hybridized carbons (Fsp3) is 0.423. The zero-order chi connectivity index (χ0) is 26.3. The van der Waals surface area contributed by atoms with Gasteiger partial charge in [0.25, 0.3) is 0 Å². The summed E-state index contributed by atoms with van der Waals surface area (Å²) < 4.78 is 56.0. The molecule has 10 heteroatoms. The molecule has 1 aliphatic heterocycles. The molecule has 0 fully saturated rings. The Bertz CT molecular complexity index is 1310. The number of halogens is 4. The predicted octanol–water partition coefficient (Wildman–Crippen LogP) is 5.41. The number of alkyl halides is 3. The first-order valence-electron chi connectivity index (χ1n) is 11.7. The number of rotatable bonds is 7. The minimum atomic E-state index is -4.60. The topological polar surface area (TPSA) is 75.4 Å². The van der Waals surface area contributed by atoms with Gasteiger partial charge in [-0.15, -0.1) is 0 Å². The van der Waals surface area contributed by atoms with Gasteiger partial charge in [-0.1, -0.05) is 0 Å². The van der Waals surface area contributed by atoms with Crippen molar-refractivity contribution in [1.82, 2.24) is 14.5 Å². The molecule has 3 heterocycles. The van der Waals surface area contributed by atoms with E-state index in [1.807, 2.05) is 6.07 Å². The summed E-state index contributed by atoms with van der Waals surface area (Å²) in [7, 11) is 0. The summed E-state index contributed by atoms with van der Waals surface area (Å²) in [6, 6.07) is 5.97. The molecule has 1 aliphatic rings. The number of nitrogens with zero attached hydrogens (tertiary/aromatic N) is 3. The van der Waals surface area contributed by atoms with E-state index in [4.69, 9.17) is 0 Å². The molecule has 0 saturated heterocycles. The van der Waals surface area contributed by atoms with Crippen molar-refractivity contribution in [1.29, 1.82) is 0 Å². The molecule has 3 aromatic rings. The first-order chi connectivity index (χ1) is 16.9. The number of aromatic nitrogens is 2. The Labute approximate surface area is 205 Å². The Balaban J connectivity index is 1.61. The molecule has 0 bridgehead atoms. The van der Waals surface area contributed by atoms with Crippen LogP contribution in [0.3, 0.4) is 0 Å². The van der Waals surface area contributed by atoms with E-state index < -0.39 is 28.9 Å². The lowest BCUT2D eigenvalue weighted by Gasteiger charge is -2.29.